The minimum absolute atomic E-state index is 0.158. The molecule has 1 saturated carbocycles. The maximum atomic E-state index is 13.4. The first-order valence-electron chi connectivity index (χ1n) is 11.7. The molecule has 1 aliphatic carbocycles. The third-order valence-electron chi connectivity index (χ3n) is 6.37. The van der Waals surface area contributed by atoms with Crippen LogP contribution >= 0.6 is 31.6 Å². The Morgan fingerprint density at radius 1 is 1.12 bits per heavy atom. The second-order valence-corrected chi connectivity index (χ2v) is 11.1. The molecule has 4 nitrogen and oxygen atoms in total. The van der Waals surface area contributed by atoms with Gasteiger partial charge in [-0.1, -0.05) is 49.1 Å². The highest BCUT2D eigenvalue weighted by atomic mass is 35.5. The molecule has 1 fully saturated rings. The largest absolute Gasteiger partial charge is 0.326 e. The molecule has 1 atom stereocenters. The molecule has 3 rings (SSSR count). The van der Waals surface area contributed by atoms with Gasteiger partial charge in [-0.2, -0.15) is 0 Å². The number of benzene rings is 2. The summed E-state index contributed by atoms with van der Waals surface area (Å²) in [5, 5.41) is 4.07. The number of hydrogen-bond donors (Lipinski definition) is 2. The second-order valence-electron chi connectivity index (χ2n) is 8.71. The summed E-state index contributed by atoms with van der Waals surface area (Å²) in [6, 6.07) is 13.3. The van der Waals surface area contributed by atoms with Crippen molar-refractivity contribution < 1.29 is 18.4 Å². The summed E-state index contributed by atoms with van der Waals surface area (Å²) in [6.45, 7) is 1.69. The minimum atomic E-state index is -2.83. The third-order valence-corrected chi connectivity index (χ3v) is 8.41. The molecule has 182 valence electrons. The van der Waals surface area contributed by atoms with Crippen molar-refractivity contribution in [2.45, 2.75) is 68.2 Å². The van der Waals surface area contributed by atoms with E-state index in [2.05, 4.69) is 22.0 Å². The number of unbranched alkanes of at least 4 members (excludes halogenated alkanes) is 1. The summed E-state index contributed by atoms with van der Waals surface area (Å²) < 4.78 is 28.5. The van der Waals surface area contributed by atoms with Crippen LogP contribution in [0.1, 0.15) is 62.5 Å². The summed E-state index contributed by atoms with van der Waals surface area (Å²) in [5.41, 5.74) is 2.65. The molecule has 8 heteroatoms. The van der Waals surface area contributed by atoms with Crippen LogP contribution in [0.15, 0.2) is 47.4 Å². The van der Waals surface area contributed by atoms with Crippen LogP contribution in [0.25, 0.3) is 0 Å². The fraction of sp³-hybridized carbons (Fsp3) is 0.520. The van der Waals surface area contributed by atoms with Gasteiger partial charge in [-0.15, -0.1) is 11.8 Å². The molecule has 33 heavy (non-hydrogen) atoms. The molecule has 0 spiro atoms. The van der Waals surface area contributed by atoms with Crippen molar-refractivity contribution in [3.05, 3.63) is 64.4 Å². The molecule has 0 heterocycles. The third kappa shape index (κ3) is 8.69. The molecule has 0 bridgehead atoms. The Bertz CT molecular complexity index is 894. The number of thioether (sulfide) groups is 1. The van der Waals surface area contributed by atoms with E-state index in [9.17, 15) is 8.96 Å². The SMILES string of the molecule is O=[PH](O)OCCCNCc1ccc(SCCCCC2(c3ccc(F)cc3)CCCC2)c(Cl)c1. The second kappa shape index (κ2) is 13.9. The molecule has 0 saturated heterocycles. The first kappa shape index (κ1) is 26.7. The van der Waals surface area contributed by atoms with Gasteiger partial charge in [0.1, 0.15) is 5.82 Å². The summed E-state index contributed by atoms with van der Waals surface area (Å²) in [6.07, 6.45) is 9.10. The number of halogens is 2. The maximum Gasteiger partial charge on any atom is 0.316 e. The van der Waals surface area contributed by atoms with Gasteiger partial charge < -0.3 is 14.7 Å². The zero-order valence-electron chi connectivity index (χ0n) is 19.0. The topological polar surface area (TPSA) is 58.6 Å². The molecule has 0 amide bonds. The normalized spacial score (nSPS) is 16.2. The van der Waals surface area contributed by atoms with Gasteiger partial charge >= 0.3 is 8.25 Å². The molecule has 2 aromatic carbocycles. The van der Waals surface area contributed by atoms with E-state index < -0.39 is 8.25 Å². The van der Waals surface area contributed by atoms with Gasteiger partial charge in [0.05, 0.1) is 11.6 Å². The molecule has 1 aliphatic rings. The average Bonchev–Trinajstić information content (AvgIpc) is 3.27. The molecule has 0 aromatic heterocycles. The lowest BCUT2D eigenvalue weighted by Crippen LogP contribution is -2.22. The van der Waals surface area contributed by atoms with E-state index in [1.54, 1.807) is 23.9 Å². The number of hydrogen-bond acceptors (Lipinski definition) is 4. The highest BCUT2D eigenvalue weighted by molar-refractivity contribution is 7.99. The van der Waals surface area contributed by atoms with Crippen molar-refractivity contribution in [1.29, 1.82) is 0 Å². The maximum absolute atomic E-state index is 13.4. The molecular formula is C25H34ClFNO3PS. The fourth-order valence-corrected chi connectivity index (χ4v) is 6.26. The first-order chi connectivity index (χ1) is 16.0. The molecular weight excluding hydrogens is 480 g/mol. The van der Waals surface area contributed by atoms with Crippen LogP contribution in [0.5, 0.6) is 0 Å². The van der Waals surface area contributed by atoms with Gasteiger partial charge in [0.2, 0.25) is 0 Å². The van der Waals surface area contributed by atoms with Crippen molar-refractivity contribution in [1.82, 2.24) is 5.32 Å². The van der Waals surface area contributed by atoms with E-state index in [1.165, 1.54) is 37.7 Å². The summed E-state index contributed by atoms with van der Waals surface area (Å²) >= 11 is 8.30. The first-order valence-corrected chi connectivity index (χ1v) is 14.3. The Morgan fingerprint density at radius 2 is 1.88 bits per heavy atom. The molecule has 0 radical (unpaired) electrons. The van der Waals surface area contributed by atoms with Crippen LogP contribution in [-0.2, 0) is 21.0 Å². The minimum Gasteiger partial charge on any atom is -0.326 e. The van der Waals surface area contributed by atoms with Crippen molar-refractivity contribution in [3.63, 3.8) is 0 Å². The van der Waals surface area contributed by atoms with E-state index in [1.807, 2.05) is 18.2 Å². The van der Waals surface area contributed by atoms with E-state index in [0.29, 0.717) is 19.5 Å². The Balaban J connectivity index is 1.38. The van der Waals surface area contributed by atoms with Crippen LogP contribution < -0.4 is 5.32 Å². The quantitative estimate of drug-likeness (QED) is 0.160. The smallest absolute Gasteiger partial charge is 0.316 e. The van der Waals surface area contributed by atoms with Crippen LogP contribution in [0, 0.1) is 5.82 Å². The van der Waals surface area contributed by atoms with Crippen molar-refractivity contribution in [2.24, 2.45) is 0 Å². The summed E-state index contributed by atoms with van der Waals surface area (Å²) in [5.74, 6) is 0.874. The van der Waals surface area contributed by atoms with E-state index in [-0.39, 0.29) is 17.8 Å². The Morgan fingerprint density at radius 3 is 2.58 bits per heavy atom. The molecule has 1 unspecified atom stereocenters. The monoisotopic (exact) mass is 513 g/mol. The van der Waals surface area contributed by atoms with E-state index in [0.717, 1.165) is 34.1 Å². The molecule has 2 N–H and O–H groups in total. The average molecular weight is 514 g/mol. The summed E-state index contributed by atoms with van der Waals surface area (Å²) in [4.78, 5) is 9.73. The van der Waals surface area contributed by atoms with Gasteiger partial charge in [0.25, 0.3) is 0 Å². The Kier molecular flexibility index (Phi) is 11.2. The lowest BCUT2D eigenvalue weighted by Gasteiger charge is -2.30. The van der Waals surface area contributed by atoms with Crippen LogP contribution in [0.2, 0.25) is 5.02 Å². The predicted molar refractivity (Wildman–Crippen MR) is 136 cm³/mol. The highest BCUT2D eigenvalue weighted by Crippen LogP contribution is 2.45. The van der Waals surface area contributed by atoms with Gasteiger partial charge in [-0.05, 0) is 85.2 Å². The molecule has 2 aromatic rings. The lowest BCUT2D eigenvalue weighted by atomic mass is 9.75. The number of nitrogens with one attached hydrogen (secondary N) is 1. The lowest BCUT2D eigenvalue weighted by molar-refractivity contribution is 0.276. The zero-order valence-corrected chi connectivity index (χ0v) is 21.5. The van der Waals surface area contributed by atoms with E-state index >= 15 is 0 Å². The van der Waals surface area contributed by atoms with Gasteiger partial charge in [0, 0.05) is 11.4 Å². The zero-order chi connectivity index (χ0) is 23.5. The number of rotatable bonds is 14. The Labute approximate surface area is 206 Å². The van der Waals surface area contributed by atoms with Gasteiger partial charge in [0.15, 0.2) is 0 Å². The van der Waals surface area contributed by atoms with Crippen molar-refractivity contribution in [3.8, 4) is 0 Å². The van der Waals surface area contributed by atoms with Crippen molar-refractivity contribution >= 4 is 31.6 Å². The fourth-order valence-electron chi connectivity index (χ4n) is 4.65. The standard InChI is InChI=1S/C25H34ClFNO3PS/c26-23-18-20(19-28-15-5-16-31-32(29)30)6-11-24(23)33-17-4-3-14-25(12-1-2-13-25)21-7-9-22(27)10-8-21/h6-11,18,28,32H,1-5,12-17,19H2,(H,29,30). The highest BCUT2D eigenvalue weighted by Gasteiger charge is 2.34. The Hall–Kier alpha value is -0.880. The van der Waals surface area contributed by atoms with Crippen molar-refractivity contribution in [2.75, 3.05) is 18.9 Å². The summed E-state index contributed by atoms with van der Waals surface area (Å²) in [7, 11) is -2.83. The van der Waals surface area contributed by atoms with Gasteiger partial charge in [-0.3, -0.25) is 4.57 Å². The van der Waals surface area contributed by atoms with Crippen LogP contribution in [0.4, 0.5) is 4.39 Å². The van der Waals surface area contributed by atoms with Crippen LogP contribution in [0.3, 0.4) is 0 Å². The van der Waals surface area contributed by atoms with Gasteiger partial charge in [-0.25, -0.2) is 4.39 Å². The van der Waals surface area contributed by atoms with Crippen LogP contribution in [-0.4, -0.2) is 23.8 Å². The molecule has 0 aliphatic heterocycles. The predicted octanol–water partition coefficient (Wildman–Crippen LogP) is 7.13. The van der Waals surface area contributed by atoms with E-state index in [4.69, 9.17) is 16.5 Å².